The van der Waals surface area contributed by atoms with Gasteiger partial charge < -0.3 is 15.0 Å². The number of benzene rings is 2. The van der Waals surface area contributed by atoms with Crippen molar-refractivity contribution >= 4 is 11.8 Å². The van der Waals surface area contributed by atoms with Crippen LogP contribution in [0.3, 0.4) is 0 Å². The van der Waals surface area contributed by atoms with E-state index in [0.717, 1.165) is 41.7 Å². The summed E-state index contributed by atoms with van der Waals surface area (Å²) in [5.41, 5.74) is 3.11. The van der Waals surface area contributed by atoms with Crippen LogP contribution >= 0.6 is 0 Å². The smallest absolute Gasteiger partial charge is 0.247 e. The van der Waals surface area contributed by atoms with E-state index < -0.39 is 6.04 Å². The van der Waals surface area contributed by atoms with Crippen LogP contribution in [0.15, 0.2) is 48.5 Å². The van der Waals surface area contributed by atoms with Gasteiger partial charge in [0.15, 0.2) is 0 Å². The number of fused-ring (bicyclic) bond motifs is 1. The molecule has 152 valence electrons. The van der Waals surface area contributed by atoms with E-state index in [-0.39, 0.29) is 23.8 Å². The zero-order valence-electron chi connectivity index (χ0n) is 17.1. The molecule has 1 N–H and O–H groups in total. The Balaban J connectivity index is 1.54. The van der Waals surface area contributed by atoms with Crippen LogP contribution in [0.25, 0.3) is 0 Å². The second kappa shape index (κ2) is 8.27. The van der Waals surface area contributed by atoms with Gasteiger partial charge in [-0.25, -0.2) is 0 Å². The van der Waals surface area contributed by atoms with Gasteiger partial charge in [-0.3, -0.25) is 9.59 Å². The van der Waals surface area contributed by atoms with Crippen molar-refractivity contribution in [3.63, 3.8) is 0 Å². The second-order valence-electron chi connectivity index (χ2n) is 7.89. The molecule has 2 aliphatic rings. The predicted molar refractivity (Wildman–Crippen MR) is 111 cm³/mol. The summed E-state index contributed by atoms with van der Waals surface area (Å²) in [5, 5.41) is 3.13. The number of carbonyl (C=O) groups is 2. The van der Waals surface area contributed by atoms with Crippen molar-refractivity contribution in [3.05, 3.63) is 65.2 Å². The first kappa shape index (κ1) is 19.5. The summed E-state index contributed by atoms with van der Waals surface area (Å²) in [6.45, 7) is 5.14. The molecule has 1 saturated carbocycles. The fourth-order valence-electron chi connectivity index (χ4n) is 4.05. The van der Waals surface area contributed by atoms with E-state index in [9.17, 15) is 9.59 Å². The van der Waals surface area contributed by atoms with Crippen LogP contribution < -0.4 is 10.1 Å². The Morgan fingerprint density at radius 2 is 1.86 bits per heavy atom. The van der Waals surface area contributed by atoms with Crippen molar-refractivity contribution in [1.29, 1.82) is 0 Å². The summed E-state index contributed by atoms with van der Waals surface area (Å²) in [7, 11) is 0. The van der Waals surface area contributed by atoms with Crippen LogP contribution in [-0.4, -0.2) is 29.9 Å². The molecule has 1 aliphatic heterocycles. The molecule has 2 amide bonds. The maximum Gasteiger partial charge on any atom is 0.247 e. The lowest BCUT2D eigenvalue weighted by Crippen LogP contribution is -2.48. The van der Waals surface area contributed by atoms with Crippen LogP contribution in [0.4, 0.5) is 0 Å². The van der Waals surface area contributed by atoms with Crippen molar-refractivity contribution in [3.8, 4) is 5.75 Å². The van der Waals surface area contributed by atoms with E-state index >= 15 is 0 Å². The van der Waals surface area contributed by atoms with Gasteiger partial charge in [0.1, 0.15) is 11.8 Å². The van der Waals surface area contributed by atoms with Gasteiger partial charge in [-0.05, 0) is 61.9 Å². The largest absolute Gasteiger partial charge is 0.494 e. The summed E-state index contributed by atoms with van der Waals surface area (Å²) in [6.07, 6.45) is 2.68. The topological polar surface area (TPSA) is 58.6 Å². The first-order chi connectivity index (χ1) is 14.1. The first-order valence-corrected chi connectivity index (χ1v) is 10.5. The second-order valence-corrected chi connectivity index (χ2v) is 7.89. The summed E-state index contributed by atoms with van der Waals surface area (Å²) in [6, 6.07) is 15.0. The number of ether oxygens (including phenoxy) is 1. The number of nitrogens with zero attached hydrogens (tertiary/aromatic N) is 1. The highest BCUT2D eigenvalue weighted by Gasteiger charge is 2.41. The average molecular weight is 392 g/mol. The van der Waals surface area contributed by atoms with Gasteiger partial charge in [-0.1, -0.05) is 36.4 Å². The molecular formula is C24H28N2O3. The molecule has 2 aromatic carbocycles. The predicted octanol–water partition coefficient (Wildman–Crippen LogP) is 3.80. The molecule has 1 fully saturated rings. The SMILES string of the molecule is CCOc1ccc(C(C)NC(=O)C2c3ccccc3CCN2C(=O)C2CC2)cc1. The summed E-state index contributed by atoms with van der Waals surface area (Å²) in [4.78, 5) is 28.0. The van der Waals surface area contributed by atoms with Gasteiger partial charge >= 0.3 is 0 Å². The van der Waals surface area contributed by atoms with Crippen LogP contribution in [0.2, 0.25) is 0 Å². The Hall–Kier alpha value is -2.82. The normalized spacial score (nSPS) is 19.2. The molecule has 29 heavy (non-hydrogen) atoms. The molecule has 5 heteroatoms. The number of hydrogen-bond donors (Lipinski definition) is 1. The van der Waals surface area contributed by atoms with Crippen molar-refractivity contribution in [2.45, 2.75) is 45.2 Å². The summed E-state index contributed by atoms with van der Waals surface area (Å²) in [5.74, 6) is 0.914. The van der Waals surface area contributed by atoms with Crippen LogP contribution in [0.5, 0.6) is 5.75 Å². The number of carbonyl (C=O) groups excluding carboxylic acids is 2. The van der Waals surface area contributed by atoms with Gasteiger partial charge in [-0.15, -0.1) is 0 Å². The van der Waals surface area contributed by atoms with Crippen molar-refractivity contribution in [1.82, 2.24) is 10.2 Å². The number of amides is 2. The van der Waals surface area contributed by atoms with Gasteiger partial charge in [-0.2, -0.15) is 0 Å². The number of rotatable bonds is 6. The molecule has 0 bridgehead atoms. The monoisotopic (exact) mass is 392 g/mol. The van der Waals surface area contributed by atoms with Crippen LogP contribution in [0, 0.1) is 5.92 Å². The molecule has 2 unspecified atom stereocenters. The van der Waals surface area contributed by atoms with Gasteiger partial charge in [0, 0.05) is 12.5 Å². The molecule has 0 saturated heterocycles. The molecule has 1 heterocycles. The van der Waals surface area contributed by atoms with Crippen molar-refractivity contribution in [2.75, 3.05) is 13.2 Å². The third kappa shape index (κ3) is 4.14. The maximum atomic E-state index is 13.3. The highest BCUT2D eigenvalue weighted by atomic mass is 16.5. The van der Waals surface area contributed by atoms with E-state index in [1.54, 1.807) is 4.90 Å². The highest BCUT2D eigenvalue weighted by molar-refractivity contribution is 5.91. The van der Waals surface area contributed by atoms with Gasteiger partial charge in [0.05, 0.1) is 12.6 Å². The van der Waals surface area contributed by atoms with Crippen LogP contribution in [0.1, 0.15) is 55.5 Å². The lowest BCUT2D eigenvalue weighted by atomic mass is 9.91. The standard InChI is InChI=1S/C24H28N2O3/c1-3-29-20-12-10-17(11-13-20)16(2)25-23(27)22-21-7-5-4-6-18(21)14-15-26(22)24(28)19-8-9-19/h4-7,10-13,16,19,22H,3,8-9,14-15H2,1-2H3,(H,25,27). The third-order valence-electron chi connectivity index (χ3n) is 5.79. The Kier molecular flexibility index (Phi) is 5.56. The average Bonchev–Trinajstić information content (AvgIpc) is 3.58. The lowest BCUT2D eigenvalue weighted by molar-refractivity contribution is -0.142. The number of hydrogen-bond acceptors (Lipinski definition) is 3. The molecule has 0 aromatic heterocycles. The first-order valence-electron chi connectivity index (χ1n) is 10.5. The van der Waals surface area contributed by atoms with Gasteiger partial charge in [0.25, 0.3) is 0 Å². The number of nitrogens with one attached hydrogen (secondary N) is 1. The van der Waals surface area contributed by atoms with E-state index in [4.69, 9.17) is 4.74 Å². The molecule has 0 radical (unpaired) electrons. The summed E-state index contributed by atoms with van der Waals surface area (Å²) >= 11 is 0. The Morgan fingerprint density at radius 1 is 1.14 bits per heavy atom. The Morgan fingerprint density at radius 3 is 2.55 bits per heavy atom. The zero-order chi connectivity index (χ0) is 20.4. The fourth-order valence-corrected chi connectivity index (χ4v) is 4.05. The van der Waals surface area contributed by atoms with Gasteiger partial charge in [0.2, 0.25) is 11.8 Å². The van der Waals surface area contributed by atoms with E-state index in [1.807, 2.05) is 56.3 Å². The van der Waals surface area contributed by atoms with Crippen LogP contribution in [-0.2, 0) is 16.0 Å². The van der Waals surface area contributed by atoms with E-state index in [1.165, 1.54) is 0 Å². The zero-order valence-corrected chi connectivity index (χ0v) is 17.1. The fraction of sp³-hybridized carbons (Fsp3) is 0.417. The molecule has 5 nitrogen and oxygen atoms in total. The Labute approximate surface area is 172 Å². The van der Waals surface area contributed by atoms with E-state index in [2.05, 4.69) is 11.4 Å². The molecule has 2 atom stereocenters. The molecule has 4 rings (SSSR count). The Bertz CT molecular complexity index is 889. The summed E-state index contributed by atoms with van der Waals surface area (Å²) < 4.78 is 5.49. The minimum atomic E-state index is -0.557. The molecule has 0 spiro atoms. The lowest BCUT2D eigenvalue weighted by Gasteiger charge is -2.37. The maximum absolute atomic E-state index is 13.3. The quantitative estimate of drug-likeness (QED) is 0.814. The minimum absolute atomic E-state index is 0.0964. The highest BCUT2D eigenvalue weighted by Crippen LogP contribution is 2.37. The third-order valence-corrected chi connectivity index (χ3v) is 5.79. The molecular weight excluding hydrogens is 364 g/mol. The minimum Gasteiger partial charge on any atom is -0.494 e. The molecule has 2 aromatic rings. The van der Waals surface area contributed by atoms with Crippen molar-refractivity contribution < 1.29 is 14.3 Å². The van der Waals surface area contributed by atoms with E-state index in [0.29, 0.717) is 13.2 Å². The van der Waals surface area contributed by atoms with Crippen molar-refractivity contribution in [2.24, 2.45) is 5.92 Å². The molecule has 1 aliphatic carbocycles.